The van der Waals surface area contributed by atoms with E-state index in [9.17, 15) is 4.79 Å². The molecule has 0 unspecified atom stereocenters. The Morgan fingerprint density at radius 2 is 1.88 bits per heavy atom. The van der Waals surface area contributed by atoms with E-state index in [1.54, 1.807) is 19.0 Å². The Hall–Kier alpha value is -2.08. The number of hydrogen-bond donors (Lipinski definition) is 0. The van der Waals surface area contributed by atoms with E-state index >= 15 is 0 Å². The molecule has 0 saturated carbocycles. The molecule has 0 saturated heterocycles. The number of aromatic nitrogens is 3. The molecule has 0 N–H and O–H groups in total. The van der Waals surface area contributed by atoms with Crippen molar-refractivity contribution in [3.05, 3.63) is 42.5 Å². The largest absolute Gasteiger partial charge is 0.348 e. The lowest BCUT2D eigenvalue weighted by atomic mass is 9.87. The van der Waals surface area contributed by atoms with Gasteiger partial charge in [-0.25, -0.2) is 0 Å². The van der Waals surface area contributed by atoms with Gasteiger partial charge in [-0.2, -0.15) is 0 Å². The maximum Gasteiger partial charge on any atom is 0.235 e. The quantitative estimate of drug-likeness (QED) is 0.568. The third-order valence-electron chi connectivity index (χ3n) is 4.11. The van der Waals surface area contributed by atoms with E-state index in [-0.39, 0.29) is 16.6 Å². The van der Waals surface area contributed by atoms with Crippen LogP contribution in [0.4, 0.5) is 0 Å². The first kappa shape index (κ1) is 20.2. The molecule has 26 heavy (non-hydrogen) atoms. The van der Waals surface area contributed by atoms with Gasteiger partial charge in [0.25, 0.3) is 0 Å². The number of amides is 1. The van der Waals surface area contributed by atoms with Gasteiger partial charge in [-0.3, -0.25) is 9.36 Å². The third-order valence-corrected chi connectivity index (χ3v) is 5.18. The maximum absolute atomic E-state index is 12.2. The highest BCUT2D eigenvalue weighted by molar-refractivity contribution is 8.00. The first-order chi connectivity index (χ1) is 12.1. The second-order valence-electron chi connectivity index (χ2n) is 7.53. The number of carbonyl (C=O) groups excluding carboxylic acids is 1. The van der Waals surface area contributed by atoms with Gasteiger partial charge in [0.2, 0.25) is 5.91 Å². The van der Waals surface area contributed by atoms with Crippen LogP contribution in [0.5, 0.6) is 0 Å². The molecule has 1 aromatic heterocycles. The number of rotatable bonds is 6. The van der Waals surface area contributed by atoms with E-state index in [2.05, 4.69) is 61.8 Å². The minimum atomic E-state index is -0.228. The maximum atomic E-state index is 12.2. The molecular weight excluding hydrogens is 344 g/mol. The predicted octanol–water partition coefficient (Wildman–Crippen LogP) is 4.00. The molecule has 0 aliphatic carbocycles. The van der Waals surface area contributed by atoms with Crippen molar-refractivity contribution in [2.75, 3.05) is 14.1 Å². The third kappa shape index (κ3) is 4.55. The Kier molecular flexibility index (Phi) is 6.29. The zero-order chi connectivity index (χ0) is 19.5. The average molecular weight is 373 g/mol. The second kappa shape index (κ2) is 8.08. The fourth-order valence-electron chi connectivity index (χ4n) is 2.57. The van der Waals surface area contributed by atoms with Gasteiger partial charge in [0.1, 0.15) is 0 Å². The van der Waals surface area contributed by atoms with Gasteiger partial charge in [0, 0.05) is 26.2 Å². The molecule has 2 rings (SSSR count). The summed E-state index contributed by atoms with van der Waals surface area (Å²) in [6, 6.07) is 8.42. The monoisotopic (exact) mass is 372 g/mol. The fourth-order valence-corrected chi connectivity index (χ4v) is 3.58. The standard InChI is InChI=1S/C20H28N4OS/c1-8-13-24-17(15-9-11-16(12-10-15)20(3,4)5)21-22-19(24)26-14(2)18(25)23(6)7/h8-12,14H,1,13H2,2-7H3/t14-/m1/s1. The van der Waals surface area contributed by atoms with Gasteiger partial charge in [0.15, 0.2) is 11.0 Å². The van der Waals surface area contributed by atoms with Crippen molar-refractivity contribution in [3.8, 4) is 11.4 Å². The highest BCUT2D eigenvalue weighted by Crippen LogP contribution is 2.29. The van der Waals surface area contributed by atoms with E-state index < -0.39 is 0 Å². The fraction of sp³-hybridized carbons (Fsp3) is 0.450. The lowest BCUT2D eigenvalue weighted by molar-refractivity contribution is -0.127. The first-order valence-corrected chi connectivity index (χ1v) is 9.56. The van der Waals surface area contributed by atoms with Gasteiger partial charge >= 0.3 is 0 Å². The number of nitrogens with zero attached hydrogens (tertiary/aromatic N) is 4. The minimum Gasteiger partial charge on any atom is -0.348 e. The molecule has 1 aromatic carbocycles. The van der Waals surface area contributed by atoms with E-state index in [0.717, 1.165) is 16.5 Å². The summed E-state index contributed by atoms with van der Waals surface area (Å²) in [6.45, 7) is 12.9. The molecule has 0 radical (unpaired) electrons. The van der Waals surface area contributed by atoms with Gasteiger partial charge < -0.3 is 4.90 Å². The molecule has 2 aromatic rings. The van der Waals surface area contributed by atoms with E-state index in [1.165, 1.54) is 17.3 Å². The lowest BCUT2D eigenvalue weighted by Gasteiger charge is -2.19. The van der Waals surface area contributed by atoms with Crippen LogP contribution >= 0.6 is 11.8 Å². The van der Waals surface area contributed by atoms with Crippen molar-refractivity contribution >= 4 is 17.7 Å². The predicted molar refractivity (Wildman–Crippen MR) is 108 cm³/mol. The SMILES string of the molecule is C=CCn1c(S[C@H](C)C(=O)N(C)C)nnc1-c1ccc(C(C)(C)C)cc1. The molecule has 6 heteroatoms. The van der Waals surface area contributed by atoms with Crippen LogP contribution < -0.4 is 0 Å². The van der Waals surface area contributed by atoms with Crippen LogP contribution in [-0.2, 0) is 16.8 Å². The molecule has 140 valence electrons. The Labute approximate surface area is 160 Å². The summed E-state index contributed by atoms with van der Waals surface area (Å²) in [4.78, 5) is 13.7. The molecule has 5 nitrogen and oxygen atoms in total. The highest BCUT2D eigenvalue weighted by atomic mass is 32.2. The normalized spacial score (nSPS) is 12.7. The number of benzene rings is 1. The summed E-state index contributed by atoms with van der Waals surface area (Å²) in [5, 5.41) is 9.19. The van der Waals surface area contributed by atoms with Crippen LogP contribution in [0.2, 0.25) is 0 Å². The number of allylic oxidation sites excluding steroid dienone is 1. The number of carbonyl (C=O) groups is 1. The minimum absolute atomic E-state index is 0.0548. The van der Waals surface area contributed by atoms with Crippen molar-refractivity contribution in [1.82, 2.24) is 19.7 Å². The highest BCUT2D eigenvalue weighted by Gasteiger charge is 2.22. The molecule has 0 fully saturated rings. The molecule has 0 bridgehead atoms. The Morgan fingerprint density at radius 3 is 2.38 bits per heavy atom. The molecule has 1 amide bonds. The van der Waals surface area contributed by atoms with Crippen LogP contribution in [0.15, 0.2) is 42.1 Å². The van der Waals surface area contributed by atoms with Gasteiger partial charge in [0.05, 0.1) is 5.25 Å². The molecular formula is C20H28N4OS. The van der Waals surface area contributed by atoms with E-state index in [1.807, 2.05) is 17.6 Å². The van der Waals surface area contributed by atoms with Crippen molar-refractivity contribution in [2.24, 2.45) is 0 Å². The lowest BCUT2D eigenvalue weighted by Crippen LogP contribution is -2.29. The number of hydrogen-bond acceptors (Lipinski definition) is 4. The van der Waals surface area contributed by atoms with Crippen LogP contribution in [-0.4, -0.2) is 44.9 Å². The molecule has 0 aliphatic heterocycles. The van der Waals surface area contributed by atoms with Crippen molar-refractivity contribution in [3.63, 3.8) is 0 Å². The zero-order valence-corrected chi connectivity index (χ0v) is 17.3. The smallest absolute Gasteiger partial charge is 0.235 e. The zero-order valence-electron chi connectivity index (χ0n) is 16.5. The van der Waals surface area contributed by atoms with Crippen molar-refractivity contribution in [1.29, 1.82) is 0 Å². The first-order valence-electron chi connectivity index (χ1n) is 8.68. The molecule has 0 aliphatic rings. The number of thioether (sulfide) groups is 1. The Bertz CT molecular complexity index is 772. The van der Waals surface area contributed by atoms with Crippen LogP contribution in [0.1, 0.15) is 33.3 Å². The summed E-state index contributed by atoms with van der Waals surface area (Å²) >= 11 is 1.42. The van der Waals surface area contributed by atoms with Crippen molar-refractivity contribution < 1.29 is 4.79 Å². The average Bonchev–Trinajstić information content (AvgIpc) is 2.96. The van der Waals surface area contributed by atoms with E-state index in [0.29, 0.717) is 6.54 Å². The van der Waals surface area contributed by atoms with Crippen LogP contribution in [0.3, 0.4) is 0 Å². The topological polar surface area (TPSA) is 51.0 Å². The summed E-state index contributed by atoms with van der Waals surface area (Å²) in [5.41, 5.74) is 2.39. The molecule has 1 heterocycles. The van der Waals surface area contributed by atoms with Crippen LogP contribution in [0.25, 0.3) is 11.4 Å². The van der Waals surface area contributed by atoms with E-state index in [4.69, 9.17) is 0 Å². The van der Waals surface area contributed by atoms with Gasteiger partial charge in [-0.1, -0.05) is 62.9 Å². The van der Waals surface area contributed by atoms with Crippen molar-refractivity contribution in [2.45, 2.75) is 50.1 Å². The second-order valence-corrected chi connectivity index (χ2v) is 8.83. The van der Waals surface area contributed by atoms with Gasteiger partial charge in [-0.05, 0) is 17.9 Å². The van der Waals surface area contributed by atoms with Crippen LogP contribution in [0, 0.1) is 0 Å². The summed E-state index contributed by atoms with van der Waals surface area (Å²) < 4.78 is 2.00. The molecule has 1 atom stereocenters. The van der Waals surface area contributed by atoms with Gasteiger partial charge in [-0.15, -0.1) is 16.8 Å². The Balaban J connectivity index is 2.34. The summed E-state index contributed by atoms with van der Waals surface area (Å²) in [5.74, 6) is 0.844. The summed E-state index contributed by atoms with van der Waals surface area (Å²) in [7, 11) is 3.52. The molecule has 0 spiro atoms. The Morgan fingerprint density at radius 1 is 1.27 bits per heavy atom. The summed E-state index contributed by atoms with van der Waals surface area (Å²) in [6.07, 6.45) is 1.82.